The predicted molar refractivity (Wildman–Crippen MR) is 74.9 cm³/mol. The van der Waals surface area contributed by atoms with Crippen LogP contribution in [0.5, 0.6) is 0 Å². The Labute approximate surface area is 117 Å². The lowest BCUT2D eigenvalue weighted by molar-refractivity contribution is -0.180. The first-order valence-electron chi connectivity index (χ1n) is 7.59. The van der Waals surface area contributed by atoms with Gasteiger partial charge in [0.15, 0.2) is 0 Å². The van der Waals surface area contributed by atoms with Crippen LogP contribution in [-0.4, -0.2) is 24.8 Å². The number of carbonyl (C=O) groups is 1. The summed E-state index contributed by atoms with van der Waals surface area (Å²) in [4.78, 5) is 11.6. The van der Waals surface area contributed by atoms with Crippen molar-refractivity contribution in [2.45, 2.75) is 77.4 Å². The quantitative estimate of drug-likeness (QED) is 0.729. The van der Waals surface area contributed by atoms with Gasteiger partial charge in [0.2, 0.25) is 0 Å². The third kappa shape index (κ3) is 3.71. The molecule has 2 fully saturated rings. The van der Waals surface area contributed by atoms with Gasteiger partial charge in [-0.2, -0.15) is 0 Å². The second kappa shape index (κ2) is 5.43. The van der Waals surface area contributed by atoms with Gasteiger partial charge < -0.3 is 9.47 Å². The van der Waals surface area contributed by atoms with E-state index in [0.717, 1.165) is 25.7 Å². The van der Waals surface area contributed by atoms with Gasteiger partial charge in [-0.3, -0.25) is 4.79 Å². The van der Waals surface area contributed by atoms with E-state index in [2.05, 4.69) is 20.8 Å². The van der Waals surface area contributed by atoms with Crippen molar-refractivity contribution in [3.8, 4) is 0 Å². The summed E-state index contributed by atoms with van der Waals surface area (Å²) in [5.41, 5.74) is 0.142. The number of hydrogen-bond donors (Lipinski definition) is 0. The third-order valence-corrected chi connectivity index (χ3v) is 4.72. The summed E-state index contributed by atoms with van der Waals surface area (Å²) >= 11 is 0. The molecule has 3 nitrogen and oxygen atoms in total. The fraction of sp³-hybridized carbons (Fsp3) is 0.938. The molecule has 0 aliphatic heterocycles. The first-order chi connectivity index (χ1) is 8.84. The Kier molecular flexibility index (Phi) is 4.24. The molecule has 2 rings (SSSR count). The Morgan fingerprint density at radius 3 is 2.42 bits per heavy atom. The van der Waals surface area contributed by atoms with Crippen LogP contribution in [0.25, 0.3) is 0 Å². The van der Waals surface area contributed by atoms with E-state index < -0.39 is 0 Å². The van der Waals surface area contributed by atoms with Crippen molar-refractivity contribution in [1.29, 1.82) is 0 Å². The van der Waals surface area contributed by atoms with Crippen molar-refractivity contribution in [1.82, 2.24) is 0 Å². The topological polar surface area (TPSA) is 35.5 Å². The summed E-state index contributed by atoms with van der Waals surface area (Å²) in [6.07, 6.45) is 7.44. The van der Waals surface area contributed by atoms with Gasteiger partial charge in [-0.05, 0) is 49.9 Å². The molecule has 0 N–H and O–H groups in total. The molecule has 0 aromatic heterocycles. The number of hydrogen-bond acceptors (Lipinski definition) is 3. The van der Waals surface area contributed by atoms with E-state index in [9.17, 15) is 4.79 Å². The normalized spacial score (nSPS) is 32.4. The number of esters is 1. The summed E-state index contributed by atoms with van der Waals surface area (Å²) < 4.78 is 11.2. The average molecular weight is 268 g/mol. The minimum absolute atomic E-state index is 0.136. The Bertz CT molecular complexity index is 331. The first kappa shape index (κ1) is 14.8. The number of rotatable bonds is 4. The van der Waals surface area contributed by atoms with E-state index >= 15 is 0 Å². The fourth-order valence-corrected chi connectivity index (χ4v) is 3.94. The minimum Gasteiger partial charge on any atom is -0.469 e. The van der Waals surface area contributed by atoms with E-state index in [-0.39, 0.29) is 11.6 Å². The van der Waals surface area contributed by atoms with Crippen molar-refractivity contribution in [2.75, 3.05) is 7.11 Å². The van der Waals surface area contributed by atoms with Crippen molar-refractivity contribution in [2.24, 2.45) is 11.3 Å². The van der Waals surface area contributed by atoms with Crippen molar-refractivity contribution < 1.29 is 14.3 Å². The highest BCUT2D eigenvalue weighted by Gasteiger charge is 2.44. The van der Waals surface area contributed by atoms with E-state index in [1.165, 1.54) is 20.0 Å². The van der Waals surface area contributed by atoms with Crippen LogP contribution < -0.4 is 0 Å². The molecule has 2 unspecified atom stereocenters. The standard InChI is InChI=1S/C16H28O3/c1-12-8-13(10-15(2,3)9-12)19-16(6-5-7-16)11-14(17)18-4/h12-13H,5-11H2,1-4H3. The van der Waals surface area contributed by atoms with Gasteiger partial charge in [0.1, 0.15) is 0 Å². The fourth-order valence-electron chi connectivity index (χ4n) is 3.94. The van der Waals surface area contributed by atoms with Crippen LogP contribution in [0.15, 0.2) is 0 Å². The van der Waals surface area contributed by atoms with Crippen molar-refractivity contribution in [3.63, 3.8) is 0 Å². The molecule has 0 radical (unpaired) electrons. The van der Waals surface area contributed by atoms with Gasteiger partial charge >= 0.3 is 5.97 Å². The number of methoxy groups -OCH3 is 1. The van der Waals surface area contributed by atoms with Crippen molar-refractivity contribution in [3.05, 3.63) is 0 Å². The largest absolute Gasteiger partial charge is 0.469 e. The minimum atomic E-state index is -0.217. The summed E-state index contributed by atoms with van der Waals surface area (Å²) in [7, 11) is 1.46. The van der Waals surface area contributed by atoms with E-state index in [4.69, 9.17) is 9.47 Å². The smallest absolute Gasteiger partial charge is 0.308 e. The Hall–Kier alpha value is -0.570. The molecule has 0 aromatic carbocycles. The van der Waals surface area contributed by atoms with Gasteiger partial charge in [0.05, 0.1) is 25.2 Å². The number of ether oxygens (including phenoxy) is 2. The summed E-state index contributed by atoms with van der Waals surface area (Å²) in [6.45, 7) is 6.96. The maximum absolute atomic E-state index is 11.6. The molecule has 3 heteroatoms. The van der Waals surface area contributed by atoms with E-state index in [1.807, 2.05) is 0 Å². The molecule has 2 aliphatic carbocycles. The lowest BCUT2D eigenvalue weighted by Gasteiger charge is -2.47. The SMILES string of the molecule is COC(=O)CC1(OC2CC(C)CC(C)(C)C2)CCC1. The molecule has 110 valence electrons. The second-order valence-electron chi connectivity index (χ2n) is 7.44. The van der Waals surface area contributed by atoms with E-state index in [0.29, 0.717) is 23.9 Å². The third-order valence-electron chi connectivity index (χ3n) is 4.72. The monoisotopic (exact) mass is 268 g/mol. The molecule has 0 bridgehead atoms. The zero-order valence-corrected chi connectivity index (χ0v) is 12.8. The molecule has 19 heavy (non-hydrogen) atoms. The molecule has 0 heterocycles. The van der Waals surface area contributed by atoms with Crippen LogP contribution in [-0.2, 0) is 14.3 Å². The Morgan fingerprint density at radius 1 is 1.26 bits per heavy atom. The van der Waals surface area contributed by atoms with Gasteiger partial charge in [-0.15, -0.1) is 0 Å². The Morgan fingerprint density at radius 2 is 1.95 bits per heavy atom. The van der Waals surface area contributed by atoms with Crippen LogP contribution in [0.1, 0.15) is 65.7 Å². The molecule has 0 spiro atoms. The van der Waals surface area contributed by atoms with Crippen LogP contribution >= 0.6 is 0 Å². The van der Waals surface area contributed by atoms with Gasteiger partial charge in [-0.1, -0.05) is 20.8 Å². The number of carbonyl (C=O) groups excluding carboxylic acids is 1. The molecule has 0 aromatic rings. The maximum Gasteiger partial charge on any atom is 0.308 e. The van der Waals surface area contributed by atoms with Crippen molar-refractivity contribution >= 4 is 5.97 Å². The molecular weight excluding hydrogens is 240 g/mol. The average Bonchev–Trinajstić information content (AvgIpc) is 2.22. The zero-order chi connectivity index (χ0) is 14.1. The first-order valence-corrected chi connectivity index (χ1v) is 7.59. The highest BCUT2D eigenvalue weighted by atomic mass is 16.5. The summed E-state index contributed by atoms with van der Waals surface area (Å²) in [6, 6.07) is 0. The van der Waals surface area contributed by atoms with Gasteiger partial charge in [-0.25, -0.2) is 0 Å². The van der Waals surface area contributed by atoms with Crippen LogP contribution in [0.3, 0.4) is 0 Å². The van der Waals surface area contributed by atoms with Crippen LogP contribution in [0.2, 0.25) is 0 Å². The highest BCUT2D eigenvalue weighted by molar-refractivity contribution is 5.70. The lowest BCUT2D eigenvalue weighted by Crippen LogP contribution is -2.47. The van der Waals surface area contributed by atoms with Gasteiger partial charge in [0, 0.05) is 0 Å². The van der Waals surface area contributed by atoms with E-state index in [1.54, 1.807) is 0 Å². The zero-order valence-electron chi connectivity index (χ0n) is 12.8. The molecular formula is C16H28O3. The molecule has 0 amide bonds. The molecule has 2 atom stereocenters. The molecule has 2 saturated carbocycles. The lowest BCUT2D eigenvalue weighted by atomic mass is 9.70. The maximum atomic E-state index is 11.6. The second-order valence-corrected chi connectivity index (χ2v) is 7.44. The predicted octanol–water partition coefficient (Wildman–Crippen LogP) is 3.70. The van der Waals surface area contributed by atoms with Crippen LogP contribution in [0.4, 0.5) is 0 Å². The van der Waals surface area contributed by atoms with Crippen LogP contribution in [0, 0.1) is 11.3 Å². The summed E-state index contributed by atoms with van der Waals surface area (Å²) in [5.74, 6) is 0.576. The van der Waals surface area contributed by atoms with Gasteiger partial charge in [0.25, 0.3) is 0 Å². The Balaban J connectivity index is 1.96. The molecule has 0 saturated heterocycles. The highest BCUT2D eigenvalue weighted by Crippen LogP contribution is 2.45. The molecule has 2 aliphatic rings. The summed E-state index contributed by atoms with van der Waals surface area (Å²) in [5, 5.41) is 0.